The molecule has 6 rings (SSSR count). The first-order valence-electron chi connectivity index (χ1n) is 12.6. The van der Waals surface area contributed by atoms with Crippen molar-refractivity contribution >= 4 is 38.8 Å². The van der Waals surface area contributed by atoms with Gasteiger partial charge in [-0.1, -0.05) is 88.7 Å². The van der Waals surface area contributed by atoms with Crippen LogP contribution >= 0.6 is 15.9 Å². The molecule has 0 bridgehead atoms. The summed E-state index contributed by atoms with van der Waals surface area (Å²) in [6.45, 7) is 0.640. The highest BCUT2D eigenvalue weighted by Gasteiger charge is 2.32. The molecule has 1 aliphatic heterocycles. The van der Waals surface area contributed by atoms with Crippen LogP contribution in [-0.2, 0) is 6.54 Å². The van der Waals surface area contributed by atoms with E-state index in [2.05, 4.69) is 50.2 Å². The van der Waals surface area contributed by atoms with Crippen molar-refractivity contribution in [2.45, 2.75) is 19.0 Å². The SMILES string of the molecule is O=[N+]([O-])c1ccc(C2=Nc3c(n[nH]c3-c3ccc(Br)cc3)N(Cc3ccccc3)C(c3ccccc3)C2)cc1. The molecule has 7 nitrogen and oxygen atoms in total. The van der Waals surface area contributed by atoms with Crippen LogP contribution in [0.1, 0.15) is 29.2 Å². The lowest BCUT2D eigenvalue weighted by Gasteiger charge is -2.31. The number of nitro benzene ring substituents is 1. The van der Waals surface area contributed by atoms with E-state index < -0.39 is 0 Å². The molecule has 0 radical (unpaired) electrons. The molecule has 1 aliphatic rings. The molecule has 0 aliphatic carbocycles. The molecule has 39 heavy (non-hydrogen) atoms. The topological polar surface area (TPSA) is 87.4 Å². The van der Waals surface area contributed by atoms with E-state index in [1.165, 1.54) is 12.1 Å². The Balaban J connectivity index is 1.54. The molecule has 0 spiro atoms. The fourth-order valence-electron chi connectivity index (χ4n) is 4.97. The number of fused-ring (bicyclic) bond motifs is 1. The summed E-state index contributed by atoms with van der Waals surface area (Å²) in [6.07, 6.45) is 0.602. The summed E-state index contributed by atoms with van der Waals surface area (Å²) in [5, 5.41) is 19.4. The monoisotopic (exact) mass is 577 g/mol. The summed E-state index contributed by atoms with van der Waals surface area (Å²) in [4.78, 5) is 18.4. The molecule has 5 aromatic rings. The van der Waals surface area contributed by atoms with E-state index in [0.717, 1.165) is 49.6 Å². The molecule has 0 amide bonds. The number of aromatic amines is 1. The van der Waals surface area contributed by atoms with Gasteiger partial charge in [-0.25, -0.2) is 4.99 Å². The molecule has 1 atom stereocenters. The second kappa shape index (κ2) is 10.7. The highest BCUT2D eigenvalue weighted by molar-refractivity contribution is 9.10. The summed E-state index contributed by atoms with van der Waals surface area (Å²) in [5.41, 5.74) is 6.59. The van der Waals surface area contributed by atoms with Gasteiger partial charge in [-0.15, -0.1) is 0 Å². The van der Waals surface area contributed by atoms with Crippen molar-refractivity contribution in [2.24, 2.45) is 4.99 Å². The minimum absolute atomic E-state index is 0.0536. The van der Waals surface area contributed by atoms with Crippen molar-refractivity contribution in [3.8, 4) is 11.3 Å². The van der Waals surface area contributed by atoms with Gasteiger partial charge in [0, 0.05) is 35.1 Å². The van der Waals surface area contributed by atoms with Gasteiger partial charge < -0.3 is 4.90 Å². The number of hydrogen-bond donors (Lipinski definition) is 1. The maximum absolute atomic E-state index is 11.3. The number of rotatable bonds is 6. The van der Waals surface area contributed by atoms with Crippen molar-refractivity contribution in [3.63, 3.8) is 0 Å². The maximum atomic E-state index is 11.3. The first-order valence-corrected chi connectivity index (χ1v) is 13.4. The van der Waals surface area contributed by atoms with Crippen molar-refractivity contribution < 1.29 is 4.92 Å². The first-order chi connectivity index (χ1) is 19.1. The van der Waals surface area contributed by atoms with Gasteiger partial charge in [-0.3, -0.25) is 15.2 Å². The van der Waals surface area contributed by atoms with Crippen LogP contribution in [0.15, 0.2) is 119 Å². The Labute approximate surface area is 234 Å². The third kappa shape index (κ3) is 5.11. The molecule has 0 saturated heterocycles. The van der Waals surface area contributed by atoms with Gasteiger partial charge in [0.25, 0.3) is 5.69 Å². The average Bonchev–Trinajstić information content (AvgIpc) is 3.31. The minimum atomic E-state index is -0.382. The highest BCUT2D eigenvalue weighted by Crippen LogP contribution is 2.45. The smallest absolute Gasteiger partial charge is 0.269 e. The van der Waals surface area contributed by atoms with Crippen LogP contribution in [0, 0.1) is 10.1 Å². The van der Waals surface area contributed by atoms with Crippen LogP contribution in [0.5, 0.6) is 0 Å². The van der Waals surface area contributed by atoms with E-state index in [-0.39, 0.29) is 16.7 Å². The molecule has 0 saturated carbocycles. The molecule has 2 heterocycles. The molecule has 1 unspecified atom stereocenters. The van der Waals surface area contributed by atoms with Crippen LogP contribution in [0.2, 0.25) is 0 Å². The largest absolute Gasteiger partial charge is 0.342 e. The molecule has 4 aromatic carbocycles. The number of hydrogen-bond acceptors (Lipinski definition) is 5. The Hall–Kier alpha value is -4.56. The summed E-state index contributed by atoms with van der Waals surface area (Å²) < 4.78 is 0.988. The van der Waals surface area contributed by atoms with Crippen molar-refractivity contribution in [1.82, 2.24) is 10.2 Å². The van der Waals surface area contributed by atoms with Gasteiger partial charge in [0.05, 0.1) is 22.4 Å². The second-order valence-corrected chi connectivity index (χ2v) is 10.3. The lowest BCUT2D eigenvalue weighted by Crippen LogP contribution is -2.29. The molecule has 0 fully saturated rings. The lowest BCUT2D eigenvalue weighted by molar-refractivity contribution is -0.384. The fraction of sp³-hybridized carbons (Fsp3) is 0.0968. The van der Waals surface area contributed by atoms with Gasteiger partial charge in [0.2, 0.25) is 0 Å². The van der Waals surface area contributed by atoms with Crippen molar-refractivity contribution in [2.75, 3.05) is 4.90 Å². The van der Waals surface area contributed by atoms with Gasteiger partial charge in [-0.2, -0.15) is 5.10 Å². The van der Waals surface area contributed by atoms with E-state index >= 15 is 0 Å². The van der Waals surface area contributed by atoms with Crippen LogP contribution in [-0.4, -0.2) is 20.8 Å². The van der Waals surface area contributed by atoms with Crippen LogP contribution in [0.25, 0.3) is 11.3 Å². The van der Waals surface area contributed by atoms with Crippen molar-refractivity contribution in [3.05, 3.63) is 140 Å². The number of aliphatic imine (C=N–C) groups is 1. The Kier molecular flexibility index (Phi) is 6.77. The molecular weight excluding hydrogens is 554 g/mol. The Morgan fingerprint density at radius 2 is 1.51 bits per heavy atom. The van der Waals surface area contributed by atoms with Crippen LogP contribution < -0.4 is 4.90 Å². The molecule has 8 heteroatoms. The molecular formula is C31H24BrN5O2. The summed E-state index contributed by atoms with van der Waals surface area (Å²) in [6, 6.07) is 35.3. The lowest BCUT2D eigenvalue weighted by atomic mass is 9.95. The van der Waals surface area contributed by atoms with Crippen molar-refractivity contribution in [1.29, 1.82) is 0 Å². The standard InChI is InChI=1S/C31H24BrN5O2/c32-25-15-11-24(12-16-25)29-30-31(35-34-29)36(20-21-7-3-1-4-8-21)28(23-9-5-2-6-10-23)19-27(33-30)22-13-17-26(18-14-22)37(38)39/h1-18,28H,19-20H2,(H,34,35). The molecule has 1 aromatic heterocycles. The molecule has 1 N–H and O–H groups in total. The number of anilines is 1. The number of aromatic nitrogens is 2. The predicted octanol–water partition coefficient (Wildman–Crippen LogP) is 8.02. The van der Waals surface area contributed by atoms with E-state index in [1.807, 2.05) is 60.7 Å². The van der Waals surface area contributed by atoms with Gasteiger partial charge in [0.1, 0.15) is 5.69 Å². The third-order valence-electron chi connectivity index (χ3n) is 6.93. The van der Waals surface area contributed by atoms with E-state index in [1.54, 1.807) is 12.1 Å². The molecule has 192 valence electrons. The Morgan fingerprint density at radius 1 is 0.872 bits per heavy atom. The van der Waals surface area contributed by atoms with Gasteiger partial charge >= 0.3 is 0 Å². The summed E-state index contributed by atoms with van der Waals surface area (Å²) >= 11 is 3.52. The van der Waals surface area contributed by atoms with E-state index in [4.69, 9.17) is 10.1 Å². The number of benzene rings is 4. The number of nitrogens with zero attached hydrogens (tertiary/aromatic N) is 4. The van der Waals surface area contributed by atoms with Gasteiger partial charge in [0.15, 0.2) is 5.82 Å². The zero-order chi connectivity index (χ0) is 26.8. The zero-order valence-electron chi connectivity index (χ0n) is 20.9. The maximum Gasteiger partial charge on any atom is 0.269 e. The normalized spacial score (nSPS) is 14.8. The van der Waals surface area contributed by atoms with E-state index in [0.29, 0.717) is 13.0 Å². The van der Waals surface area contributed by atoms with Crippen LogP contribution in [0.3, 0.4) is 0 Å². The number of nitro groups is 1. The third-order valence-corrected chi connectivity index (χ3v) is 7.46. The summed E-state index contributed by atoms with van der Waals surface area (Å²) in [7, 11) is 0. The zero-order valence-corrected chi connectivity index (χ0v) is 22.5. The first kappa shape index (κ1) is 24.8. The van der Waals surface area contributed by atoms with Crippen LogP contribution in [0.4, 0.5) is 17.2 Å². The highest BCUT2D eigenvalue weighted by atomic mass is 79.9. The van der Waals surface area contributed by atoms with Gasteiger partial charge in [-0.05, 0) is 41.0 Å². The average molecular weight is 578 g/mol. The summed E-state index contributed by atoms with van der Waals surface area (Å²) in [5.74, 6) is 0.766. The minimum Gasteiger partial charge on any atom is -0.342 e. The van der Waals surface area contributed by atoms with E-state index in [9.17, 15) is 10.1 Å². The Morgan fingerprint density at radius 3 is 2.18 bits per heavy atom. The predicted molar refractivity (Wildman–Crippen MR) is 157 cm³/mol. The number of non-ortho nitro benzene ring substituents is 1. The quantitative estimate of drug-likeness (QED) is 0.163. The number of halogens is 1. The second-order valence-electron chi connectivity index (χ2n) is 9.38. The Bertz CT molecular complexity index is 1630. The fourth-order valence-corrected chi connectivity index (χ4v) is 5.23. The number of nitrogens with one attached hydrogen (secondary N) is 1. The number of H-pyrrole nitrogens is 1.